The van der Waals surface area contributed by atoms with Gasteiger partial charge in [0, 0.05) is 23.4 Å². The van der Waals surface area contributed by atoms with Crippen LogP contribution in [0.3, 0.4) is 0 Å². The predicted octanol–water partition coefficient (Wildman–Crippen LogP) is 4.94. The van der Waals surface area contributed by atoms with Crippen molar-refractivity contribution < 1.29 is 14.3 Å². The molecule has 0 fully saturated rings. The number of carbonyl (C=O) groups is 1. The number of nitriles is 1. The number of anilines is 2. The number of halogens is 1. The van der Waals surface area contributed by atoms with Gasteiger partial charge in [-0.25, -0.2) is 4.98 Å². The van der Waals surface area contributed by atoms with E-state index in [0.29, 0.717) is 38.6 Å². The van der Waals surface area contributed by atoms with Crippen LogP contribution in [0.5, 0.6) is 11.5 Å². The molecule has 0 aliphatic heterocycles. The molecule has 1 aromatic heterocycles. The van der Waals surface area contributed by atoms with Crippen molar-refractivity contribution in [2.24, 2.45) is 0 Å². The Bertz CT molecular complexity index is 1050. The van der Waals surface area contributed by atoms with Gasteiger partial charge in [-0.1, -0.05) is 17.7 Å². The molecule has 8 heteroatoms. The molecule has 0 N–H and O–H groups in total. The largest absolute Gasteiger partial charge is 0.493 e. The van der Waals surface area contributed by atoms with Crippen LogP contribution in [0, 0.1) is 11.3 Å². The minimum absolute atomic E-state index is 0.169. The predicted molar refractivity (Wildman–Crippen MR) is 108 cm³/mol. The van der Waals surface area contributed by atoms with Gasteiger partial charge in [-0.2, -0.15) is 5.26 Å². The fourth-order valence-electron chi connectivity index (χ4n) is 2.52. The van der Waals surface area contributed by atoms with E-state index < -0.39 is 0 Å². The minimum atomic E-state index is -0.169. The molecule has 0 radical (unpaired) electrons. The normalized spacial score (nSPS) is 10.2. The zero-order chi connectivity index (χ0) is 20.1. The number of amides is 1. The molecule has 2 aromatic carbocycles. The third-order valence-electron chi connectivity index (χ3n) is 3.78. The van der Waals surface area contributed by atoms with Crippen LogP contribution in [-0.4, -0.2) is 18.0 Å². The van der Waals surface area contributed by atoms with Crippen molar-refractivity contribution in [3.63, 3.8) is 0 Å². The van der Waals surface area contributed by atoms with E-state index in [1.807, 2.05) is 5.38 Å². The maximum atomic E-state index is 12.2. The molecule has 0 saturated carbocycles. The SMILES string of the molecule is COc1cc(C#N)ccc1OCc1csc(N(C(C)=O)c2cccc(Cl)c2)n1. The Balaban J connectivity index is 1.78. The molecule has 0 bridgehead atoms. The van der Waals surface area contributed by atoms with Crippen molar-refractivity contribution >= 4 is 39.7 Å². The molecule has 6 nitrogen and oxygen atoms in total. The number of ether oxygens (including phenoxy) is 2. The van der Waals surface area contributed by atoms with Crippen molar-refractivity contribution in [2.45, 2.75) is 13.5 Å². The average molecular weight is 414 g/mol. The lowest BCUT2D eigenvalue weighted by Crippen LogP contribution is -2.22. The number of hydrogen-bond acceptors (Lipinski definition) is 6. The Labute approximate surface area is 171 Å². The summed E-state index contributed by atoms with van der Waals surface area (Å²) in [5.41, 5.74) is 1.80. The van der Waals surface area contributed by atoms with E-state index in [-0.39, 0.29) is 12.5 Å². The fourth-order valence-corrected chi connectivity index (χ4v) is 3.57. The van der Waals surface area contributed by atoms with E-state index in [2.05, 4.69) is 11.1 Å². The van der Waals surface area contributed by atoms with Crippen molar-refractivity contribution in [1.82, 2.24) is 4.98 Å². The Hall–Kier alpha value is -3.08. The summed E-state index contributed by atoms with van der Waals surface area (Å²) in [6.07, 6.45) is 0. The lowest BCUT2D eigenvalue weighted by molar-refractivity contribution is -0.115. The van der Waals surface area contributed by atoms with Crippen LogP contribution in [0.15, 0.2) is 47.8 Å². The molecule has 0 aliphatic rings. The lowest BCUT2D eigenvalue weighted by atomic mass is 10.2. The van der Waals surface area contributed by atoms with Gasteiger partial charge in [0.2, 0.25) is 5.91 Å². The van der Waals surface area contributed by atoms with E-state index >= 15 is 0 Å². The van der Waals surface area contributed by atoms with E-state index in [0.717, 1.165) is 0 Å². The smallest absolute Gasteiger partial charge is 0.230 e. The highest BCUT2D eigenvalue weighted by molar-refractivity contribution is 7.14. The van der Waals surface area contributed by atoms with Gasteiger partial charge >= 0.3 is 0 Å². The van der Waals surface area contributed by atoms with Crippen LogP contribution in [0.4, 0.5) is 10.8 Å². The number of hydrogen-bond donors (Lipinski definition) is 0. The van der Waals surface area contributed by atoms with E-state index in [1.165, 1.54) is 30.3 Å². The summed E-state index contributed by atoms with van der Waals surface area (Å²) in [5.74, 6) is 0.811. The molecule has 0 aliphatic carbocycles. The molecule has 142 valence electrons. The van der Waals surface area contributed by atoms with Crippen LogP contribution >= 0.6 is 22.9 Å². The van der Waals surface area contributed by atoms with Gasteiger partial charge in [0.05, 0.1) is 30.1 Å². The van der Waals surface area contributed by atoms with Gasteiger partial charge < -0.3 is 9.47 Å². The molecule has 1 heterocycles. The van der Waals surface area contributed by atoms with Crippen LogP contribution in [0.1, 0.15) is 18.2 Å². The third-order valence-corrected chi connectivity index (χ3v) is 4.89. The number of methoxy groups -OCH3 is 1. The number of nitrogens with zero attached hydrogens (tertiary/aromatic N) is 3. The van der Waals surface area contributed by atoms with Gasteiger partial charge in [-0.15, -0.1) is 11.3 Å². The highest BCUT2D eigenvalue weighted by Gasteiger charge is 2.18. The highest BCUT2D eigenvalue weighted by Crippen LogP contribution is 2.32. The second-order valence-electron chi connectivity index (χ2n) is 5.72. The van der Waals surface area contributed by atoms with E-state index in [4.69, 9.17) is 26.3 Å². The highest BCUT2D eigenvalue weighted by atomic mass is 35.5. The molecular formula is C20H16ClN3O3S. The Morgan fingerprint density at radius 1 is 1.29 bits per heavy atom. The summed E-state index contributed by atoms with van der Waals surface area (Å²) < 4.78 is 11.0. The number of rotatable bonds is 6. The Morgan fingerprint density at radius 3 is 2.79 bits per heavy atom. The van der Waals surface area contributed by atoms with Crippen LogP contribution in [-0.2, 0) is 11.4 Å². The maximum absolute atomic E-state index is 12.2. The molecule has 0 saturated heterocycles. The minimum Gasteiger partial charge on any atom is -0.493 e. The molecule has 28 heavy (non-hydrogen) atoms. The first-order valence-corrected chi connectivity index (χ1v) is 9.49. The quantitative estimate of drug-likeness (QED) is 0.572. The second-order valence-corrected chi connectivity index (χ2v) is 6.99. The van der Waals surface area contributed by atoms with E-state index in [9.17, 15) is 4.79 Å². The lowest BCUT2D eigenvalue weighted by Gasteiger charge is -2.18. The van der Waals surface area contributed by atoms with Gasteiger partial charge in [0.15, 0.2) is 16.6 Å². The fraction of sp³-hybridized carbons (Fsp3) is 0.150. The summed E-state index contributed by atoms with van der Waals surface area (Å²) in [5, 5.41) is 11.9. The molecular weight excluding hydrogens is 398 g/mol. The zero-order valence-electron chi connectivity index (χ0n) is 15.2. The van der Waals surface area contributed by atoms with Gasteiger partial charge in [-0.05, 0) is 30.3 Å². The number of carbonyl (C=O) groups excluding carboxylic acids is 1. The Morgan fingerprint density at radius 2 is 2.11 bits per heavy atom. The maximum Gasteiger partial charge on any atom is 0.230 e. The van der Waals surface area contributed by atoms with Gasteiger partial charge in [-0.3, -0.25) is 9.69 Å². The molecule has 0 unspecified atom stereocenters. The molecule has 0 atom stereocenters. The summed E-state index contributed by atoms with van der Waals surface area (Å²) in [6, 6.07) is 14.0. The zero-order valence-corrected chi connectivity index (χ0v) is 16.8. The molecule has 3 rings (SSSR count). The summed E-state index contributed by atoms with van der Waals surface area (Å²) >= 11 is 7.38. The van der Waals surface area contributed by atoms with Gasteiger partial charge in [0.25, 0.3) is 0 Å². The first-order chi connectivity index (χ1) is 13.5. The summed E-state index contributed by atoms with van der Waals surface area (Å²) in [4.78, 5) is 18.2. The Kier molecular flexibility index (Phi) is 6.14. The molecule has 1 amide bonds. The number of thiazole rings is 1. The van der Waals surface area contributed by atoms with Crippen molar-refractivity contribution in [3.8, 4) is 17.6 Å². The number of aromatic nitrogens is 1. The standard InChI is InChI=1S/C20H16ClN3O3S/c1-13(25)24(17-5-3-4-15(21)9-17)20-23-16(12-28-20)11-27-18-7-6-14(10-22)8-19(18)26-2/h3-9,12H,11H2,1-2H3. The summed E-state index contributed by atoms with van der Waals surface area (Å²) in [7, 11) is 1.51. The van der Waals surface area contributed by atoms with Crippen molar-refractivity contribution in [3.05, 3.63) is 64.1 Å². The van der Waals surface area contributed by atoms with Gasteiger partial charge in [0.1, 0.15) is 6.61 Å². The van der Waals surface area contributed by atoms with Crippen molar-refractivity contribution in [1.29, 1.82) is 5.26 Å². The summed E-state index contributed by atoms with van der Waals surface area (Å²) in [6.45, 7) is 1.67. The van der Waals surface area contributed by atoms with E-state index in [1.54, 1.807) is 42.5 Å². The average Bonchev–Trinajstić information content (AvgIpc) is 3.14. The van der Waals surface area contributed by atoms with Crippen molar-refractivity contribution in [2.75, 3.05) is 12.0 Å². The monoisotopic (exact) mass is 413 g/mol. The van der Waals surface area contributed by atoms with Crippen LogP contribution in [0.25, 0.3) is 0 Å². The van der Waals surface area contributed by atoms with Crippen LogP contribution in [0.2, 0.25) is 5.02 Å². The topological polar surface area (TPSA) is 75.5 Å². The second kappa shape index (κ2) is 8.74. The molecule has 3 aromatic rings. The third kappa shape index (κ3) is 4.42. The molecule has 0 spiro atoms. The number of benzene rings is 2. The first kappa shape index (κ1) is 19.7. The first-order valence-electron chi connectivity index (χ1n) is 8.23. The van der Waals surface area contributed by atoms with Crippen LogP contribution < -0.4 is 14.4 Å².